The first-order valence-corrected chi connectivity index (χ1v) is 9.56. The number of rotatable bonds is 7. The van der Waals surface area contributed by atoms with E-state index < -0.39 is 0 Å². The predicted octanol–water partition coefficient (Wildman–Crippen LogP) is 2.03. The SMILES string of the molecule is CCNC(=O)COc1cccc(NC(=O)N2CCC(Cc3cnn(C)c3)C2)c1. The van der Waals surface area contributed by atoms with Gasteiger partial charge in [0.25, 0.3) is 5.91 Å². The maximum Gasteiger partial charge on any atom is 0.321 e. The van der Waals surface area contributed by atoms with Crippen molar-refractivity contribution >= 4 is 17.6 Å². The number of urea groups is 1. The molecule has 8 nitrogen and oxygen atoms in total. The van der Waals surface area contributed by atoms with Gasteiger partial charge in [0, 0.05) is 44.6 Å². The summed E-state index contributed by atoms with van der Waals surface area (Å²) in [6, 6.07) is 6.96. The van der Waals surface area contributed by atoms with Gasteiger partial charge in [-0.1, -0.05) is 6.07 Å². The van der Waals surface area contributed by atoms with Crippen molar-refractivity contribution in [2.75, 3.05) is 31.6 Å². The molecule has 0 saturated carbocycles. The van der Waals surface area contributed by atoms with Crippen LogP contribution in [0.15, 0.2) is 36.7 Å². The van der Waals surface area contributed by atoms with Gasteiger partial charge in [0.1, 0.15) is 5.75 Å². The Bertz CT molecular complexity index is 820. The molecule has 1 aromatic heterocycles. The second kappa shape index (κ2) is 9.25. The molecule has 28 heavy (non-hydrogen) atoms. The van der Waals surface area contributed by atoms with E-state index >= 15 is 0 Å². The van der Waals surface area contributed by atoms with Crippen molar-refractivity contribution in [2.24, 2.45) is 13.0 Å². The van der Waals surface area contributed by atoms with Gasteiger partial charge < -0.3 is 20.3 Å². The van der Waals surface area contributed by atoms with Crippen LogP contribution in [0.25, 0.3) is 0 Å². The van der Waals surface area contributed by atoms with Crippen molar-refractivity contribution in [3.05, 3.63) is 42.2 Å². The molecule has 0 aliphatic carbocycles. The van der Waals surface area contributed by atoms with Crippen LogP contribution in [0.2, 0.25) is 0 Å². The quantitative estimate of drug-likeness (QED) is 0.763. The zero-order chi connectivity index (χ0) is 19.9. The molecule has 1 aromatic carbocycles. The van der Waals surface area contributed by atoms with Crippen LogP contribution in [0.4, 0.5) is 10.5 Å². The number of aromatic nitrogens is 2. The summed E-state index contributed by atoms with van der Waals surface area (Å²) in [6.45, 7) is 3.84. The highest BCUT2D eigenvalue weighted by molar-refractivity contribution is 5.89. The van der Waals surface area contributed by atoms with Gasteiger partial charge in [0.15, 0.2) is 6.61 Å². The maximum absolute atomic E-state index is 12.6. The van der Waals surface area contributed by atoms with E-state index in [1.54, 1.807) is 28.9 Å². The van der Waals surface area contributed by atoms with E-state index in [0.29, 0.717) is 23.9 Å². The van der Waals surface area contributed by atoms with E-state index in [1.165, 1.54) is 5.56 Å². The van der Waals surface area contributed by atoms with Crippen molar-refractivity contribution in [3.63, 3.8) is 0 Å². The molecule has 3 amide bonds. The third-order valence-corrected chi connectivity index (χ3v) is 4.68. The van der Waals surface area contributed by atoms with Crippen LogP contribution in [-0.2, 0) is 18.3 Å². The lowest BCUT2D eigenvalue weighted by molar-refractivity contribution is -0.122. The fraction of sp³-hybridized carbons (Fsp3) is 0.450. The highest BCUT2D eigenvalue weighted by Crippen LogP contribution is 2.23. The van der Waals surface area contributed by atoms with Gasteiger partial charge in [-0.05, 0) is 43.4 Å². The van der Waals surface area contributed by atoms with Crippen LogP contribution in [0.3, 0.4) is 0 Å². The second-order valence-electron chi connectivity index (χ2n) is 7.03. The summed E-state index contributed by atoms with van der Waals surface area (Å²) < 4.78 is 7.27. The molecule has 0 spiro atoms. The number of nitrogens with one attached hydrogen (secondary N) is 2. The molecule has 1 aliphatic heterocycles. The Kier molecular flexibility index (Phi) is 6.52. The number of ether oxygens (including phenoxy) is 1. The summed E-state index contributed by atoms with van der Waals surface area (Å²) in [5.74, 6) is 0.815. The number of anilines is 1. The molecule has 1 atom stereocenters. The van der Waals surface area contributed by atoms with E-state index in [1.807, 2.05) is 31.3 Å². The van der Waals surface area contributed by atoms with Gasteiger partial charge in [0.05, 0.1) is 6.20 Å². The first-order chi connectivity index (χ1) is 13.5. The van der Waals surface area contributed by atoms with Gasteiger partial charge >= 0.3 is 6.03 Å². The Morgan fingerprint density at radius 2 is 2.21 bits per heavy atom. The predicted molar refractivity (Wildman–Crippen MR) is 106 cm³/mol. The van der Waals surface area contributed by atoms with E-state index in [9.17, 15) is 9.59 Å². The average molecular weight is 385 g/mol. The highest BCUT2D eigenvalue weighted by Gasteiger charge is 2.26. The lowest BCUT2D eigenvalue weighted by Gasteiger charge is -2.18. The number of carbonyl (C=O) groups excluding carboxylic acids is 2. The zero-order valence-corrected chi connectivity index (χ0v) is 16.4. The van der Waals surface area contributed by atoms with Crippen molar-refractivity contribution < 1.29 is 14.3 Å². The Morgan fingerprint density at radius 3 is 2.96 bits per heavy atom. The first kappa shape index (κ1) is 19.7. The summed E-state index contributed by atoms with van der Waals surface area (Å²) in [6.07, 6.45) is 5.82. The van der Waals surface area contributed by atoms with Gasteiger partial charge in [-0.2, -0.15) is 5.10 Å². The summed E-state index contributed by atoms with van der Waals surface area (Å²) in [5, 5.41) is 9.79. The smallest absolute Gasteiger partial charge is 0.321 e. The van der Waals surface area contributed by atoms with E-state index in [4.69, 9.17) is 4.74 Å². The minimum atomic E-state index is -0.173. The molecular weight excluding hydrogens is 358 g/mol. The number of hydrogen-bond acceptors (Lipinski definition) is 4. The number of aryl methyl sites for hydroxylation is 1. The number of carbonyl (C=O) groups is 2. The summed E-state index contributed by atoms with van der Waals surface area (Å²) in [7, 11) is 1.91. The minimum Gasteiger partial charge on any atom is -0.484 e. The van der Waals surface area contributed by atoms with Gasteiger partial charge in [-0.15, -0.1) is 0 Å². The lowest BCUT2D eigenvalue weighted by Crippen LogP contribution is -2.33. The number of benzene rings is 1. The normalized spacial score (nSPS) is 16.1. The molecule has 1 aliphatic rings. The number of likely N-dealkylation sites (tertiary alicyclic amines) is 1. The Balaban J connectivity index is 1.49. The monoisotopic (exact) mass is 385 g/mol. The molecule has 0 radical (unpaired) electrons. The van der Waals surface area contributed by atoms with Gasteiger partial charge in [-0.3, -0.25) is 9.48 Å². The number of amides is 3. The molecule has 0 bridgehead atoms. The van der Waals surface area contributed by atoms with E-state index in [0.717, 1.165) is 25.9 Å². The minimum absolute atomic E-state index is 0.0482. The maximum atomic E-state index is 12.6. The molecule has 1 unspecified atom stereocenters. The Hall–Kier alpha value is -3.03. The Morgan fingerprint density at radius 1 is 1.36 bits per heavy atom. The molecule has 1 fully saturated rings. The highest BCUT2D eigenvalue weighted by atomic mass is 16.5. The molecule has 3 rings (SSSR count). The van der Waals surface area contributed by atoms with Crippen LogP contribution in [0, 0.1) is 5.92 Å². The fourth-order valence-corrected chi connectivity index (χ4v) is 3.36. The topological polar surface area (TPSA) is 88.5 Å². The largest absolute Gasteiger partial charge is 0.484 e. The first-order valence-electron chi connectivity index (χ1n) is 9.56. The third-order valence-electron chi connectivity index (χ3n) is 4.68. The van der Waals surface area contributed by atoms with Crippen LogP contribution < -0.4 is 15.4 Å². The number of likely N-dealkylation sites (N-methyl/N-ethyl adjacent to an activating group) is 1. The van der Waals surface area contributed by atoms with Crippen molar-refractivity contribution in [3.8, 4) is 5.75 Å². The van der Waals surface area contributed by atoms with Crippen LogP contribution >= 0.6 is 0 Å². The molecule has 2 aromatic rings. The van der Waals surface area contributed by atoms with Crippen LogP contribution in [0.5, 0.6) is 5.75 Å². The standard InChI is InChI=1S/C20H27N5O3/c1-3-21-19(26)14-28-18-6-4-5-17(10-18)23-20(27)25-8-7-15(13-25)9-16-11-22-24(2)12-16/h4-6,10-12,15H,3,7-9,13-14H2,1-2H3,(H,21,26)(H,23,27). The third kappa shape index (κ3) is 5.48. The molecule has 1 saturated heterocycles. The molecule has 8 heteroatoms. The van der Waals surface area contributed by atoms with Gasteiger partial charge in [-0.25, -0.2) is 4.79 Å². The van der Waals surface area contributed by atoms with Crippen molar-refractivity contribution in [2.45, 2.75) is 19.8 Å². The summed E-state index contributed by atoms with van der Waals surface area (Å²) >= 11 is 0. The number of hydrogen-bond donors (Lipinski definition) is 2. The number of nitrogens with zero attached hydrogens (tertiary/aromatic N) is 3. The Labute approximate surface area is 164 Å². The van der Waals surface area contributed by atoms with Crippen LogP contribution in [0.1, 0.15) is 18.9 Å². The fourth-order valence-electron chi connectivity index (χ4n) is 3.36. The second-order valence-corrected chi connectivity index (χ2v) is 7.03. The summed E-state index contributed by atoms with van der Waals surface area (Å²) in [5.41, 5.74) is 1.85. The lowest BCUT2D eigenvalue weighted by atomic mass is 10.0. The molecule has 2 heterocycles. The molecule has 2 N–H and O–H groups in total. The van der Waals surface area contributed by atoms with E-state index in [-0.39, 0.29) is 18.5 Å². The van der Waals surface area contributed by atoms with Crippen molar-refractivity contribution in [1.82, 2.24) is 20.0 Å². The van der Waals surface area contributed by atoms with E-state index in [2.05, 4.69) is 15.7 Å². The van der Waals surface area contributed by atoms with Gasteiger partial charge in [0.2, 0.25) is 0 Å². The molecule has 150 valence electrons. The van der Waals surface area contributed by atoms with Crippen LogP contribution in [-0.4, -0.2) is 52.9 Å². The average Bonchev–Trinajstić information content (AvgIpc) is 3.30. The summed E-state index contributed by atoms with van der Waals surface area (Å²) in [4.78, 5) is 25.9. The molecular formula is C20H27N5O3. The zero-order valence-electron chi connectivity index (χ0n) is 16.4. The van der Waals surface area contributed by atoms with Crippen molar-refractivity contribution in [1.29, 1.82) is 0 Å².